The molecule has 0 saturated carbocycles. The van der Waals surface area contributed by atoms with Crippen LogP contribution in [0, 0.1) is 13.8 Å². The molecule has 0 aliphatic heterocycles. The number of nitrogens with zero attached hydrogens (tertiary/aromatic N) is 2. The van der Waals surface area contributed by atoms with Gasteiger partial charge in [0.1, 0.15) is 18.1 Å². The molecule has 0 radical (unpaired) electrons. The van der Waals surface area contributed by atoms with E-state index in [2.05, 4.69) is 9.97 Å². The highest BCUT2D eigenvalue weighted by Gasteiger charge is 2.25. The quantitative estimate of drug-likeness (QED) is 0.487. The lowest BCUT2D eigenvalue weighted by molar-refractivity contribution is -0.115. The van der Waals surface area contributed by atoms with Gasteiger partial charge in [-0.15, -0.1) is 11.3 Å². The third-order valence-corrected chi connectivity index (χ3v) is 5.72. The Bertz CT molecular complexity index is 1180. The zero-order valence-electron chi connectivity index (χ0n) is 19.1. The van der Waals surface area contributed by atoms with Crippen molar-refractivity contribution in [3.05, 3.63) is 57.9 Å². The number of aromatic amines is 1. The van der Waals surface area contributed by atoms with E-state index in [0.717, 1.165) is 0 Å². The van der Waals surface area contributed by atoms with Crippen molar-refractivity contribution in [2.24, 2.45) is 0 Å². The van der Waals surface area contributed by atoms with Gasteiger partial charge in [-0.05, 0) is 38.5 Å². The van der Waals surface area contributed by atoms with E-state index in [1.165, 1.54) is 30.3 Å². The number of carbonyl (C=O) groups excluding carboxylic acids is 3. The van der Waals surface area contributed by atoms with E-state index >= 15 is 0 Å². The van der Waals surface area contributed by atoms with Crippen molar-refractivity contribution in [3.8, 4) is 5.75 Å². The van der Waals surface area contributed by atoms with Crippen molar-refractivity contribution < 1.29 is 28.6 Å². The second kappa shape index (κ2) is 10.3. The zero-order chi connectivity index (χ0) is 24.1. The first-order chi connectivity index (χ1) is 15.8. The van der Waals surface area contributed by atoms with Crippen LogP contribution in [0.2, 0.25) is 0 Å². The van der Waals surface area contributed by atoms with Gasteiger partial charge in [-0.3, -0.25) is 9.69 Å². The van der Waals surface area contributed by atoms with Crippen molar-refractivity contribution in [3.63, 3.8) is 0 Å². The third-order valence-electron chi connectivity index (χ3n) is 4.84. The number of nitrogens with one attached hydrogen (secondary N) is 1. The van der Waals surface area contributed by atoms with E-state index in [0.29, 0.717) is 39.1 Å². The van der Waals surface area contributed by atoms with E-state index in [-0.39, 0.29) is 24.8 Å². The first kappa shape index (κ1) is 24.0. The Morgan fingerprint density at radius 2 is 1.85 bits per heavy atom. The summed E-state index contributed by atoms with van der Waals surface area (Å²) in [7, 11) is 1.53. The second-order valence-electron chi connectivity index (χ2n) is 7.07. The summed E-state index contributed by atoms with van der Waals surface area (Å²) >= 11 is 1.24. The van der Waals surface area contributed by atoms with Crippen LogP contribution in [-0.2, 0) is 20.9 Å². The summed E-state index contributed by atoms with van der Waals surface area (Å²) in [5.74, 6) is -0.811. The first-order valence-electron chi connectivity index (χ1n) is 10.2. The second-order valence-corrected chi connectivity index (χ2v) is 7.91. The number of hydrogen-bond acceptors (Lipinski definition) is 8. The molecular formula is C23H25N3O6S. The van der Waals surface area contributed by atoms with E-state index < -0.39 is 11.9 Å². The van der Waals surface area contributed by atoms with E-state index in [1.54, 1.807) is 44.4 Å². The molecule has 33 heavy (non-hydrogen) atoms. The molecule has 2 heterocycles. The normalized spacial score (nSPS) is 10.6. The van der Waals surface area contributed by atoms with Gasteiger partial charge in [0.05, 0.1) is 30.7 Å². The molecule has 1 amide bonds. The number of hydrogen-bond donors (Lipinski definition) is 1. The summed E-state index contributed by atoms with van der Waals surface area (Å²) in [6.07, 6.45) is 0. The number of rotatable bonds is 8. The third kappa shape index (κ3) is 5.06. The lowest BCUT2D eigenvalue weighted by Gasteiger charge is -2.20. The number of anilines is 2. The molecule has 3 aromatic rings. The number of carbonyl (C=O) groups is 3. The topological polar surface area (TPSA) is 111 Å². The summed E-state index contributed by atoms with van der Waals surface area (Å²) in [5, 5.41) is 2.14. The molecule has 174 valence electrons. The Morgan fingerprint density at radius 1 is 1.12 bits per heavy atom. The van der Waals surface area contributed by atoms with Crippen LogP contribution in [0.3, 0.4) is 0 Å². The number of H-pyrrole nitrogens is 1. The molecule has 3 rings (SSSR count). The Hall–Kier alpha value is -3.66. The maximum absolute atomic E-state index is 12.6. The standard InChI is InChI=1S/C23H25N3O6S/c1-6-31-21(28)19-13(2)20(24-14(19)3)22(29)32-11-16-12-33-23(25-16)26(15(4)27)17-9-7-8-10-18(17)30-5/h7-10,12,24H,6,11H2,1-5H3. The fraction of sp³-hybridized carbons (Fsp3) is 0.304. The minimum absolute atomic E-state index is 0.0980. The van der Waals surface area contributed by atoms with Gasteiger partial charge in [-0.2, -0.15) is 0 Å². The highest BCUT2D eigenvalue weighted by Crippen LogP contribution is 2.35. The molecule has 0 aliphatic carbocycles. The average molecular weight is 472 g/mol. The smallest absolute Gasteiger partial charge is 0.355 e. The molecule has 0 fully saturated rings. The summed E-state index contributed by atoms with van der Waals surface area (Å²) in [5.41, 5.74) is 2.56. The fourth-order valence-corrected chi connectivity index (χ4v) is 4.23. The van der Waals surface area contributed by atoms with Crippen molar-refractivity contribution in [1.29, 1.82) is 0 Å². The number of aromatic nitrogens is 2. The van der Waals surface area contributed by atoms with Crippen LogP contribution in [0.25, 0.3) is 0 Å². The lowest BCUT2D eigenvalue weighted by Crippen LogP contribution is -2.23. The van der Waals surface area contributed by atoms with Crippen LogP contribution in [0.1, 0.15) is 51.6 Å². The summed E-state index contributed by atoms with van der Waals surface area (Å²) in [4.78, 5) is 45.9. The van der Waals surface area contributed by atoms with Gasteiger partial charge in [0.25, 0.3) is 0 Å². The van der Waals surface area contributed by atoms with Gasteiger partial charge >= 0.3 is 11.9 Å². The van der Waals surface area contributed by atoms with Crippen LogP contribution in [-0.4, -0.2) is 41.5 Å². The maximum atomic E-state index is 12.6. The van der Waals surface area contributed by atoms with E-state index in [9.17, 15) is 14.4 Å². The minimum Gasteiger partial charge on any atom is -0.495 e. The number of amides is 1. The Kier molecular flexibility index (Phi) is 7.49. The van der Waals surface area contributed by atoms with Gasteiger partial charge in [0.15, 0.2) is 5.13 Å². The van der Waals surface area contributed by atoms with Crippen molar-refractivity contribution in [2.75, 3.05) is 18.6 Å². The zero-order valence-corrected chi connectivity index (χ0v) is 19.9. The maximum Gasteiger partial charge on any atom is 0.355 e. The highest BCUT2D eigenvalue weighted by atomic mass is 32.1. The molecule has 9 nitrogen and oxygen atoms in total. The summed E-state index contributed by atoms with van der Waals surface area (Å²) in [6.45, 7) is 6.64. The predicted molar refractivity (Wildman–Crippen MR) is 123 cm³/mol. The number of aryl methyl sites for hydroxylation is 1. The Morgan fingerprint density at radius 3 is 2.52 bits per heavy atom. The molecule has 1 aromatic carbocycles. The van der Waals surface area contributed by atoms with E-state index in [4.69, 9.17) is 14.2 Å². The number of ether oxygens (including phenoxy) is 3. The summed E-state index contributed by atoms with van der Waals surface area (Å²) in [6, 6.07) is 7.13. The highest BCUT2D eigenvalue weighted by molar-refractivity contribution is 7.14. The minimum atomic E-state index is -0.617. The number of thiazole rings is 1. The molecule has 0 bridgehead atoms. The van der Waals surface area contributed by atoms with Crippen LogP contribution in [0.4, 0.5) is 10.8 Å². The van der Waals surface area contributed by atoms with Gasteiger partial charge in [-0.25, -0.2) is 14.6 Å². The molecule has 0 aliphatic rings. The molecular weight excluding hydrogens is 446 g/mol. The first-order valence-corrected chi connectivity index (χ1v) is 11.1. The Balaban J connectivity index is 1.76. The van der Waals surface area contributed by atoms with Gasteiger partial charge in [-0.1, -0.05) is 12.1 Å². The van der Waals surface area contributed by atoms with Crippen molar-refractivity contribution in [1.82, 2.24) is 9.97 Å². The molecule has 0 saturated heterocycles. The number of para-hydroxylation sites is 2. The van der Waals surface area contributed by atoms with Gasteiger partial charge in [0.2, 0.25) is 5.91 Å². The van der Waals surface area contributed by atoms with E-state index in [1.807, 2.05) is 6.07 Å². The largest absolute Gasteiger partial charge is 0.495 e. The van der Waals surface area contributed by atoms with Crippen LogP contribution in [0.15, 0.2) is 29.6 Å². The number of methoxy groups -OCH3 is 1. The summed E-state index contributed by atoms with van der Waals surface area (Å²) < 4.78 is 15.8. The van der Waals surface area contributed by atoms with Gasteiger partial charge in [0, 0.05) is 18.0 Å². The van der Waals surface area contributed by atoms with Crippen LogP contribution < -0.4 is 9.64 Å². The molecule has 0 unspecified atom stereocenters. The molecule has 0 spiro atoms. The van der Waals surface area contributed by atoms with Crippen molar-refractivity contribution >= 4 is 40.0 Å². The average Bonchev–Trinajstić information content (AvgIpc) is 3.36. The lowest BCUT2D eigenvalue weighted by atomic mass is 10.1. The molecule has 2 aromatic heterocycles. The fourth-order valence-electron chi connectivity index (χ4n) is 3.36. The van der Waals surface area contributed by atoms with Gasteiger partial charge < -0.3 is 19.2 Å². The monoisotopic (exact) mass is 471 g/mol. The number of esters is 2. The van der Waals surface area contributed by atoms with Crippen LogP contribution in [0.5, 0.6) is 5.75 Å². The molecule has 0 atom stereocenters. The van der Waals surface area contributed by atoms with Crippen molar-refractivity contribution in [2.45, 2.75) is 34.3 Å². The predicted octanol–water partition coefficient (Wildman–Crippen LogP) is 4.31. The van der Waals surface area contributed by atoms with Crippen LogP contribution >= 0.6 is 11.3 Å². The Labute approximate surface area is 195 Å². The molecule has 10 heteroatoms. The number of benzene rings is 1. The SMILES string of the molecule is CCOC(=O)c1c(C)[nH]c(C(=O)OCc2csc(N(C(C)=O)c3ccccc3OC)n2)c1C. The molecule has 1 N–H and O–H groups in total.